The fraction of sp³-hybridized carbons (Fsp3) is 0.588. The number of hydrogen-bond donors (Lipinski definition) is 2. The molecule has 0 saturated carbocycles. The monoisotopic (exact) mass is 340 g/mol. The largest absolute Gasteiger partial charge is 0.485 e. The third-order valence-electron chi connectivity index (χ3n) is 3.60. The van der Waals surface area contributed by atoms with Crippen molar-refractivity contribution < 1.29 is 14.3 Å². The third-order valence-corrected chi connectivity index (χ3v) is 3.83. The summed E-state index contributed by atoms with van der Waals surface area (Å²) in [7, 11) is 0. The van der Waals surface area contributed by atoms with E-state index in [1.165, 1.54) is 0 Å². The van der Waals surface area contributed by atoms with E-state index < -0.39 is 11.7 Å². The van der Waals surface area contributed by atoms with Gasteiger partial charge in [-0.3, -0.25) is 5.32 Å². The summed E-state index contributed by atoms with van der Waals surface area (Å²) < 4.78 is 11.5. The predicted molar refractivity (Wildman–Crippen MR) is 92.4 cm³/mol. The van der Waals surface area contributed by atoms with Gasteiger partial charge < -0.3 is 14.8 Å². The second-order valence-corrected chi connectivity index (χ2v) is 7.51. The minimum absolute atomic E-state index is 0.277. The number of nitrogens with one attached hydrogen (secondary N) is 2. The molecular weight excluding hydrogens is 316 g/mol. The van der Waals surface area contributed by atoms with Crippen LogP contribution >= 0.6 is 11.6 Å². The molecule has 1 saturated heterocycles. The third kappa shape index (κ3) is 5.59. The van der Waals surface area contributed by atoms with E-state index in [0.29, 0.717) is 16.5 Å². The molecular formula is C17H25ClN2O3. The van der Waals surface area contributed by atoms with Crippen LogP contribution in [0.2, 0.25) is 5.02 Å². The van der Waals surface area contributed by atoms with Crippen molar-refractivity contribution in [2.45, 2.75) is 51.7 Å². The Balaban J connectivity index is 2.15. The summed E-state index contributed by atoms with van der Waals surface area (Å²) in [5.41, 5.74) is -0.276. The van der Waals surface area contributed by atoms with Crippen LogP contribution in [-0.4, -0.2) is 30.4 Å². The average Bonchev–Trinajstić information content (AvgIpc) is 2.40. The Morgan fingerprint density at radius 3 is 2.57 bits per heavy atom. The van der Waals surface area contributed by atoms with E-state index in [4.69, 9.17) is 21.1 Å². The number of halogens is 1. The summed E-state index contributed by atoms with van der Waals surface area (Å²) >= 11 is 6.09. The fourth-order valence-electron chi connectivity index (χ4n) is 2.42. The van der Waals surface area contributed by atoms with Gasteiger partial charge in [0.1, 0.15) is 17.0 Å². The molecule has 23 heavy (non-hydrogen) atoms. The molecule has 1 aliphatic heterocycles. The van der Waals surface area contributed by atoms with Gasteiger partial charge in [0.05, 0.1) is 5.69 Å². The minimum atomic E-state index is -0.557. The summed E-state index contributed by atoms with van der Waals surface area (Å²) in [5.74, 6) is 0.563. The SMILES string of the molecule is CC(C)(C)OC(=O)Nc1ccc(Cl)cc1OC1(C)CCNCC1. The normalized spacial score (nSPS) is 17.4. The summed E-state index contributed by atoms with van der Waals surface area (Å²) in [4.78, 5) is 12.0. The predicted octanol–water partition coefficient (Wildman–Crippen LogP) is 4.21. The number of rotatable bonds is 3. The quantitative estimate of drug-likeness (QED) is 0.865. The molecule has 128 valence electrons. The average molecular weight is 341 g/mol. The van der Waals surface area contributed by atoms with E-state index in [0.717, 1.165) is 25.9 Å². The van der Waals surface area contributed by atoms with Crippen LogP contribution in [0.4, 0.5) is 10.5 Å². The highest BCUT2D eigenvalue weighted by Crippen LogP contribution is 2.34. The molecule has 1 aromatic carbocycles. The molecule has 0 aromatic heterocycles. The number of hydrogen-bond acceptors (Lipinski definition) is 4. The summed E-state index contributed by atoms with van der Waals surface area (Å²) in [5, 5.41) is 6.62. The molecule has 6 heteroatoms. The van der Waals surface area contributed by atoms with Gasteiger partial charge in [-0.2, -0.15) is 0 Å². The lowest BCUT2D eigenvalue weighted by Gasteiger charge is -2.35. The zero-order valence-electron chi connectivity index (χ0n) is 14.2. The summed E-state index contributed by atoms with van der Waals surface area (Å²) in [6.07, 6.45) is 1.27. The Kier molecular flexibility index (Phi) is 5.42. The minimum Gasteiger partial charge on any atom is -0.485 e. The van der Waals surface area contributed by atoms with Gasteiger partial charge >= 0.3 is 6.09 Å². The zero-order valence-corrected chi connectivity index (χ0v) is 14.9. The highest BCUT2D eigenvalue weighted by atomic mass is 35.5. The summed E-state index contributed by atoms with van der Waals surface area (Å²) in [6.45, 7) is 9.36. The molecule has 1 aromatic rings. The van der Waals surface area contributed by atoms with E-state index in [9.17, 15) is 4.79 Å². The van der Waals surface area contributed by atoms with Gasteiger partial charge in [0.25, 0.3) is 0 Å². The lowest BCUT2D eigenvalue weighted by molar-refractivity contribution is 0.0547. The van der Waals surface area contributed by atoms with Crippen LogP contribution in [0, 0.1) is 0 Å². The van der Waals surface area contributed by atoms with Crippen LogP contribution < -0.4 is 15.4 Å². The van der Waals surface area contributed by atoms with Gasteiger partial charge in [0, 0.05) is 11.1 Å². The molecule has 0 spiro atoms. The van der Waals surface area contributed by atoms with Gasteiger partial charge in [0.15, 0.2) is 0 Å². The van der Waals surface area contributed by atoms with Crippen LogP contribution in [0.5, 0.6) is 5.75 Å². The Morgan fingerprint density at radius 1 is 1.30 bits per heavy atom. The Bertz CT molecular complexity index is 563. The van der Waals surface area contributed by atoms with E-state index in [1.54, 1.807) is 18.2 Å². The summed E-state index contributed by atoms with van der Waals surface area (Å²) in [6, 6.07) is 5.17. The maximum atomic E-state index is 12.0. The van der Waals surface area contributed by atoms with E-state index in [2.05, 4.69) is 17.6 Å². The Morgan fingerprint density at radius 2 is 1.96 bits per heavy atom. The van der Waals surface area contributed by atoms with Crippen molar-refractivity contribution in [3.8, 4) is 5.75 Å². The van der Waals surface area contributed by atoms with Crippen molar-refractivity contribution >= 4 is 23.4 Å². The lowest BCUT2D eigenvalue weighted by atomic mass is 9.94. The number of anilines is 1. The standard InChI is InChI=1S/C17H25ClN2O3/c1-16(2,3)23-15(21)20-13-6-5-12(18)11-14(13)22-17(4)7-9-19-10-8-17/h5-6,11,19H,7-10H2,1-4H3,(H,20,21). The van der Waals surface area contributed by atoms with Crippen LogP contribution in [0.25, 0.3) is 0 Å². The molecule has 2 rings (SSSR count). The van der Waals surface area contributed by atoms with E-state index >= 15 is 0 Å². The van der Waals surface area contributed by atoms with Crippen LogP contribution in [0.15, 0.2) is 18.2 Å². The fourth-order valence-corrected chi connectivity index (χ4v) is 2.58. The number of benzene rings is 1. The zero-order chi connectivity index (χ0) is 17.1. The number of piperidine rings is 1. The molecule has 0 radical (unpaired) electrons. The van der Waals surface area contributed by atoms with Crippen molar-refractivity contribution in [1.29, 1.82) is 0 Å². The maximum Gasteiger partial charge on any atom is 0.412 e. The highest BCUT2D eigenvalue weighted by Gasteiger charge is 2.30. The Labute approximate surface area is 142 Å². The number of amides is 1. The second-order valence-electron chi connectivity index (χ2n) is 7.07. The molecule has 0 unspecified atom stereocenters. The highest BCUT2D eigenvalue weighted by molar-refractivity contribution is 6.30. The smallest absolute Gasteiger partial charge is 0.412 e. The second kappa shape index (κ2) is 6.97. The molecule has 2 N–H and O–H groups in total. The number of carbonyl (C=O) groups is 1. The molecule has 5 nitrogen and oxygen atoms in total. The number of carbonyl (C=O) groups excluding carboxylic acids is 1. The first-order valence-corrected chi connectivity index (χ1v) is 8.24. The van der Waals surface area contributed by atoms with Gasteiger partial charge in [-0.25, -0.2) is 4.79 Å². The van der Waals surface area contributed by atoms with Crippen LogP contribution in [0.1, 0.15) is 40.5 Å². The van der Waals surface area contributed by atoms with Crippen molar-refractivity contribution in [3.63, 3.8) is 0 Å². The van der Waals surface area contributed by atoms with Gasteiger partial charge in [0.2, 0.25) is 0 Å². The molecule has 0 aliphatic carbocycles. The van der Waals surface area contributed by atoms with E-state index in [1.807, 2.05) is 20.8 Å². The molecule has 1 amide bonds. The lowest BCUT2D eigenvalue weighted by Crippen LogP contribution is -2.44. The van der Waals surface area contributed by atoms with E-state index in [-0.39, 0.29) is 5.60 Å². The first-order chi connectivity index (χ1) is 10.7. The van der Waals surface area contributed by atoms with Crippen molar-refractivity contribution in [2.75, 3.05) is 18.4 Å². The molecule has 1 fully saturated rings. The van der Waals surface area contributed by atoms with Gasteiger partial charge in [-0.05, 0) is 65.8 Å². The maximum absolute atomic E-state index is 12.0. The number of ether oxygens (including phenoxy) is 2. The molecule has 0 bridgehead atoms. The van der Waals surface area contributed by atoms with Crippen molar-refractivity contribution in [2.24, 2.45) is 0 Å². The van der Waals surface area contributed by atoms with Crippen LogP contribution in [-0.2, 0) is 4.74 Å². The van der Waals surface area contributed by atoms with Crippen molar-refractivity contribution in [3.05, 3.63) is 23.2 Å². The van der Waals surface area contributed by atoms with Crippen molar-refractivity contribution in [1.82, 2.24) is 5.32 Å². The first-order valence-electron chi connectivity index (χ1n) is 7.86. The first kappa shape index (κ1) is 17.9. The molecule has 1 heterocycles. The van der Waals surface area contributed by atoms with Gasteiger partial charge in [-0.15, -0.1) is 0 Å². The van der Waals surface area contributed by atoms with Gasteiger partial charge in [-0.1, -0.05) is 11.6 Å². The Hall–Kier alpha value is -1.46. The molecule has 0 atom stereocenters. The topological polar surface area (TPSA) is 59.6 Å². The molecule has 1 aliphatic rings. The van der Waals surface area contributed by atoms with Crippen LogP contribution in [0.3, 0.4) is 0 Å².